The van der Waals surface area contributed by atoms with E-state index in [0.29, 0.717) is 6.04 Å². The van der Waals surface area contributed by atoms with Crippen LogP contribution in [0.15, 0.2) is 23.4 Å². The topological polar surface area (TPSA) is 71.1 Å². The Hall–Kier alpha value is -1.91. The summed E-state index contributed by atoms with van der Waals surface area (Å²) in [4.78, 5) is 2.15. The molecule has 1 aromatic rings. The summed E-state index contributed by atoms with van der Waals surface area (Å²) in [6.07, 6.45) is 2.37. The molecule has 0 atom stereocenters. The van der Waals surface area contributed by atoms with Crippen molar-refractivity contribution in [3.63, 3.8) is 0 Å². The molecular weight excluding hydrogens is 218 g/mol. The molecule has 1 fully saturated rings. The number of benzene rings is 1. The van der Waals surface area contributed by atoms with Gasteiger partial charge in [-0.3, -0.25) is 0 Å². The van der Waals surface area contributed by atoms with Gasteiger partial charge in [0, 0.05) is 24.7 Å². The quantitative estimate of drug-likeness (QED) is 0.358. The van der Waals surface area contributed by atoms with Gasteiger partial charge in [0.25, 0.3) is 0 Å². The predicted molar refractivity (Wildman–Crippen MR) is 66.9 cm³/mol. The van der Waals surface area contributed by atoms with Gasteiger partial charge in [-0.05, 0) is 25.0 Å². The largest absolute Gasteiger partial charge is 0.497 e. The van der Waals surface area contributed by atoms with Crippen molar-refractivity contribution in [1.29, 1.82) is 0 Å². The predicted octanol–water partition coefficient (Wildman–Crippen LogP) is 1.39. The third-order valence-corrected chi connectivity index (χ3v) is 3.06. The van der Waals surface area contributed by atoms with Gasteiger partial charge < -0.3 is 20.6 Å². The van der Waals surface area contributed by atoms with Crippen LogP contribution in [0.3, 0.4) is 0 Å². The van der Waals surface area contributed by atoms with Crippen LogP contribution in [0.5, 0.6) is 5.75 Å². The van der Waals surface area contributed by atoms with Crippen LogP contribution in [0.25, 0.3) is 0 Å². The molecule has 1 aliphatic carbocycles. The van der Waals surface area contributed by atoms with Gasteiger partial charge in [0.15, 0.2) is 5.84 Å². The summed E-state index contributed by atoms with van der Waals surface area (Å²) >= 11 is 0. The van der Waals surface area contributed by atoms with Crippen molar-refractivity contribution in [2.45, 2.75) is 18.9 Å². The highest BCUT2D eigenvalue weighted by Gasteiger charge is 2.28. The molecule has 0 bridgehead atoms. The normalized spacial score (nSPS) is 15.8. The molecule has 1 aliphatic rings. The molecule has 1 saturated carbocycles. The van der Waals surface area contributed by atoms with E-state index < -0.39 is 0 Å². The van der Waals surface area contributed by atoms with Gasteiger partial charge >= 0.3 is 0 Å². The monoisotopic (exact) mass is 235 g/mol. The van der Waals surface area contributed by atoms with Crippen molar-refractivity contribution in [3.05, 3.63) is 23.8 Å². The molecule has 92 valence electrons. The van der Waals surface area contributed by atoms with Crippen molar-refractivity contribution >= 4 is 11.5 Å². The van der Waals surface area contributed by atoms with Crippen molar-refractivity contribution < 1.29 is 9.94 Å². The Morgan fingerprint density at radius 3 is 2.76 bits per heavy atom. The Morgan fingerprint density at radius 2 is 2.24 bits per heavy atom. The maximum absolute atomic E-state index is 8.79. The van der Waals surface area contributed by atoms with E-state index in [1.807, 2.05) is 19.2 Å². The lowest BCUT2D eigenvalue weighted by Gasteiger charge is -2.22. The minimum Gasteiger partial charge on any atom is -0.497 e. The van der Waals surface area contributed by atoms with Crippen molar-refractivity contribution in [3.8, 4) is 5.75 Å². The van der Waals surface area contributed by atoms with Crippen molar-refractivity contribution in [2.24, 2.45) is 10.9 Å². The second-order valence-electron chi connectivity index (χ2n) is 4.21. The van der Waals surface area contributed by atoms with Gasteiger partial charge in [-0.15, -0.1) is 0 Å². The second kappa shape index (κ2) is 4.53. The maximum Gasteiger partial charge on any atom is 0.172 e. The van der Waals surface area contributed by atoms with E-state index in [0.717, 1.165) is 17.0 Å². The van der Waals surface area contributed by atoms with Crippen LogP contribution in [0, 0.1) is 0 Å². The fourth-order valence-corrected chi connectivity index (χ4v) is 1.86. The summed E-state index contributed by atoms with van der Waals surface area (Å²) in [5.41, 5.74) is 7.33. The molecule has 0 amide bonds. The number of hydrogen-bond acceptors (Lipinski definition) is 4. The molecule has 0 unspecified atom stereocenters. The number of methoxy groups -OCH3 is 1. The smallest absolute Gasteiger partial charge is 0.172 e. The summed E-state index contributed by atoms with van der Waals surface area (Å²) in [6.45, 7) is 0. The van der Waals surface area contributed by atoms with Gasteiger partial charge in [0.2, 0.25) is 0 Å². The number of amidine groups is 1. The highest BCUT2D eigenvalue weighted by molar-refractivity contribution is 6.02. The first kappa shape index (κ1) is 11.6. The average Bonchev–Trinajstić information content (AvgIpc) is 3.20. The van der Waals surface area contributed by atoms with Crippen LogP contribution in [0.2, 0.25) is 0 Å². The van der Waals surface area contributed by atoms with E-state index in [4.69, 9.17) is 15.7 Å². The molecule has 0 saturated heterocycles. The molecule has 0 aliphatic heterocycles. The SMILES string of the molecule is COc1ccc(/C(N)=N/O)c(N(C)C2CC2)c1. The summed E-state index contributed by atoms with van der Waals surface area (Å²) < 4.78 is 5.20. The van der Waals surface area contributed by atoms with Crippen molar-refractivity contribution in [2.75, 3.05) is 19.1 Å². The summed E-state index contributed by atoms with van der Waals surface area (Å²) in [6, 6.07) is 6.07. The molecule has 0 spiro atoms. The van der Waals surface area contributed by atoms with Gasteiger partial charge in [-0.25, -0.2) is 0 Å². The van der Waals surface area contributed by atoms with Crippen LogP contribution < -0.4 is 15.4 Å². The maximum atomic E-state index is 8.79. The van der Waals surface area contributed by atoms with E-state index in [1.165, 1.54) is 12.8 Å². The van der Waals surface area contributed by atoms with Crippen LogP contribution in [-0.2, 0) is 0 Å². The first-order valence-corrected chi connectivity index (χ1v) is 5.56. The lowest BCUT2D eigenvalue weighted by molar-refractivity contribution is 0.318. The average molecular weight is 235 g/mol. The van der Waals surface area contributed by atoms with Crippen LogP contribution >= 0.6 is 0 Å². The third-order valence-electron chi connectivity index (χ3n) is 3.06. The van der Waals surface area contributed by atoms with Gasteiger partial charge in [-0.2, -0.15) is 0 Å². The molecule has 0 radical (unpaired) electrons. The van der Waals surface area contributed by atoms with Crippen molar-refractivity contribution in [1.82, 2.24) is 0 Å². The lowest BCUT2D eigenvalue weighted by atomic mass is 10.1. The fraction of sp³-hybridized carbons (Fsp3) is 0.417. The number of ether oxygens (including phenoxy) is 1. The fourth-order valence-electron chi connectivity index (χ4n) is 1.86. The zero-order chi connectivity index (χ0) is 12.4. The number of hydrogen-bond donors (Lipinski definition) is 2. The highest BCUT2D eigenvalue weighted by atomic mass is 16.5. The van der Waals surface area contributed by atoms with E-state index in [9.17, 15) is 0 Å². The molecule has 0 heterocycles. The minimum absolute atomic E-state index is 0.121. The first-order chi connectivity index (χ1) is 8.17. The molecule has 3 N–H and O–H groups in total. The number of rotatable bonds is 4. The molecule has 5 heteroatoms. The molecule has 17 heavy (non-hydrogen) atoms. The summed E-state index contributed by atoms with van der Waals surface area (Å²) in [7, 11) is 3.64. The number of oxime groups is 1. The molecule has 0 aromatic heterocycles. The molecule has 1 aromatic carbocycles. The third kappa shape index (κ3) is 2.27. The summed E-state index contributed by atoms with van der Waals surface area (Å²) in [5.74, 6) is 0.886. The van der Waals surface area contributed by atoms with E-state index in [-0.39, 0.29) is 5.84 Å². The standard InChI is InChI=1S/C12H17N3O2/c1-15(8-3-4-8)11-7-9(17-2)5-6-10(11)12(13)14-16/h5-8,16H,3-4H2,1-2H3,(H2,13,14). The molecule has 5 nitrogen and oxygen atoms in total. The van der Waals surface area contributed by atoms with Gasteiger partial charge in [0.1, 0.15) is 5.75 Å². The Kier molecular flexibility index (Phi) is 3.08. The highest BCUT2D eigenvalue weighted by Crippen LogP contribution is 2.34. The van der Waals surface area contributed by atoms with Crippen LogP contribution in [-0.4, -0.2) is 31.2 Å². The van der Waals surface area contributed by atoms with Gasteiger partial charge in [0.05, 0.1) is 12.8 Å². The summed E-state index contributed by atoms with van der Waals surface area (Å²) in [5, 5.41) is 11.9. The van der Waals surface area contributed by atoms with E-state index in [1.54, 1.807) is 13.2 Å². The Morgan fingerprint density at radius 1 is 1.53 bits per heavy atom. The molecular formula is C12H17N3O2. The zero-order valence-electron chi connectivity index (χ0n) is 10.1. The van der Waals surface area contributed by atoms with E-state index in [2.05, 4.69) is 10.1 Å². The van der Waals surface area contributed by atoms with Crippen LogP contribution in [0.4, 0.5) is 5.69 Å². The second-order valence-corrected chi connectivity index (χ2v) is 4.21. The number of nitrogens with zero attached hydrogens (tertiary/aromatic N) is 2. The first-order valence-electron chi connectivity index (χ1n) is 5.56. The van der Waals surface area contributed by atoms with Gasteiger partial charge in [-0.1, -0.05) is 5.16 Å². The number of nitrogens with two attached hydrogens (primary N) is 1. The van der Waals surface area contributed by atoms with E-state index >= 15 is 0 Å². The Bertz CT molecular complexity index is 441. The Balaban J connectivity index is 2.43. The zero-order valence-corrected chi connectivity index (χ0v) is 10.1. The Labute approximate surface area is 100 Å². The number of anilines is 1. The van der Waals surface area contributed by atoms with Crippen LogP contribution in [0.1, 0.15) is 18.4 Å². The molecule has 2 rings (SSSR count). The lowest BCUT2D eigenvalue weighted by Crippen LogP contribution is -2.24. The minimum atomic E-state index is 0.121.